The highest BCUT2D eigenvalue weighted by molar-refractivity contribution is 6.30. The van der Waals surface area contributed by atoms with Gasteiger partial charge in [-0.25, -0.2) is 4.98 Å². The molecule has 1 aromatic carbocycles. The summed E-state index contributed by atoms with van der Waals surface area (Å²) >= 11 is 6.00. The first-order chi connectivity index (χ1) is 9.52. The molecule has 0 aliphatic rings. The van der Waals surface area contributed by atoms with Gasteiger partial charge >= 0.3 is 5.69 Å². The minimum atomic E-state index is -0.506. The van der Waals surface area contributed by atoms with Gasteiger partial charge in [-0.2, -0.15) is 4.98 Å². The summed E-state index contributed by atoms with van der Waals surface area (Å²) in [5.74, 6) is 0.878. The summed E-state index contributed by atoms with van der Waals surface area (Å²) in [6.45, 7) is 3.58. The number of aromatic nitrogens is 2. The molecule has 1 heterocycles. The number of para-hydroxylation sites is 2. The molecule has 0 fully saturated rings. The van der Waals surface area contributed by atoms with E-state index in [1.54, 1.807) is 19.1 Å². The van der Waals surface area contributed by atoms with Crippen molar-refractivity contribution < 1.29 is 9.66 Å². The third-order valence-corrected chi connectivity index (χ3v) is 3.04. The molecule has 6 nitrogen and oxygen atoms in total. The topological polar surface area (TPSA) is 78.2 Å². The zero-order valence-corrected chi connectivity index (χ0v) is 11.7. The van der Waals surface area contributed by atoms with Gasteiger partial charge in [-0.05, 0) is 13.0 Å². The summed E-state index contributed by atoms with van der Waals surface area (Å²) < 4.78 is 5.55. The maximum absolute atomic E-state index is 11.0. The largest absolute Gasteiger partial charge is 0.431 e. The van der Waals surface area contributed by atoms with Crippen LogP contribution in [0, 0.1) is 17.0 Å². The second-order valence-corrected chi connectivity index (χ2v) is 4.40. The molecule has 20 heavy (non-hydrogen) atoms. The lowest BCUT2D eigenvalue weighted by Gasteiger charge is -2.09. The number of benzene rings is 1. The van der Waals surface area contributed by atoms with Crippen molar-refractivity contribution in [2.24, 2.45) is 0 Å². The maximum Gasteiger partial charge on any atom is 0.311 e. The molecular weight excluding hydrogens is 282 g/mol. The summed E-state index contributed by atoms with van der Waals surface area (Å²) in [5.41, 5.74) is 0.418. The molecule has 2 aromatic rings. The number of aryl methyl sites for hydroxylation is 1. The highest BCUT2D eigenvalue weighted by Gasteiger charge is 2.17. The van der Waals surface area contributed by atoms with E-state index in [0.717, 1.165) is 0 Å². The fraction of sp³-hybridized carbons (Fsp3) is 0.231. The van der Waals surface area contributed by atoms with Crippen LogP contribution in [0.5, 0.6) is 11.6 Å². The van der Waals surface area contributed by atoms with Crippen molar-refractivity contribution in [2.75, 3.05) is 0 Å². The molecule has 7 heteroatoms. The predicted molar refractivity (Wildman–Crippen MR) is 74.3 cm³/mol. The summed E-state index contributed by atoms with van der Waals surface area (Å²) in [6, 6.07) is 6.11. The standard InChI is InChI=1S/C13H12ClN3O3/c1-3-11-15-12(14)8(2)13(16-11)20-10-7-5-4-6-9(10)17(18)19/h4-7H,3H2,1-2H3. The van der Waals surface area contributed by atoms with E-state index in [2.05, 4.69) is 9.97 Å². The van der Waals surface area contributed by atoms with Crippen LogP contribution in [-0.4, -0.2) is 14.9 Å². The quantitative estimate of drug-likeness (QED) is 0.488. The van der Waals surface area contributed by atoms with E-state index in [4.69, 9.17) is 16.3 Å². The van der Waals surface area contributed by atoms with Crippen LogP contribution in [0.2, 0.25) is 5.15 Å². The summed E-state index contributed by atoms with van der Waals surface area (Å²) in [6.07, 6.45) is 0.591. The molecule has 0 amide bonds. The van der Waals surface area contributed by atoms with E-state index in [0.29, 0.717) is 17.8 Å². The zero-order valence-electron chi connectivity index (χ0n) is 11.0. The molecule has 104 valence electrons. The van der Waals surface area contributed by atoms with Gasteiger partial charge < -0.3 is 4.74 Å². The fourth-order valence-corrected chi connectivity index (χ4v) is 1.75. The Morgan fingerprint density at radius 1 is 1.35 bits per heavy atom. The third-order valence-electron chi connectivity index (χ3n) is 2.67. The lowest BCUT2D eigenvalue weighted by molar-refractivity contribution is -0.385. The summed E-state index contributed by atoms with van der Waals surface area (Å²) in [5, 5.41) is 11.2. The number of hydrogen-bond donors (Lipinski definition) is 0. The first-order valence-electron chi connectivity index (χ1n) is 5.97. The Balaban J connectivity index is 2.45. The van der Waals surface area contributed by atoms with Gasteiger partial charge in [0.05, 0.1) is 4.92 Å². The van der Waals surface area contributed by atoms with Crippen molar-refractivity contribution in [1.82, 2.24) is 9.97 Å². The number of rotatable bonds is 4. The third kappa shape index (κ3) is 2.85. The van der Waals surface area contributed by atoms with E-state index < -0.39 is 4.92 Å². The highest BCUT2D eigenvalue weighted by Crippen LogP contribution is 2.32. The molecule has 0 atom stereocenters. The van der Waals surface area contributed by atoms with Crippen LogP contribution in [0.1, 0.15) is 18.3 Å². The van der Waals surface area contributed by atoms with Crippen LogP contribution < -0.4 is 4.74 Å². The minimum Gasteiger partial charge on any atom is -0.431 e. The molecule has 0 aliphatic heterocycles. The van der Waals surface area contributed by atoms with Crippen molar-refractivity contribution in [1.29, 1.82) is 0 Å². The molecule has 0 radical (unpaired) electrons. The van der Waals surface area contributed by atoms with Crippen LogP contribution >= 0.6 is 11.6 Å². The highest BCUT2D eigenvalue weighted by atomic mass is 35.5. The van der Waals surface area contributed by atoms with Gasteiger partial charge in [0.25, 0.3) is 0 Å². The van der Waals surface area contributed by atoms with Gasteiger partial charge in [0.1, 0.15) is 11.0 Å². The van der Waals surface area contributed by atoms with E-state index >= 15 is 0 Å². The van der Waals surface area contributed by atoms with Crippen LogP contribution in [0.15, 0.2) is 24.3 Å². The van der Waals surface area contributed by atoms with Crippen molar-refractivity contribution in [3.63, 3.8) is 0 Å². The van der Waals surface area contributed by atoms with Crippen molar-refractivity contribution in [3.8, 4) is 11.6 Å². The second kappa shape index (κ2) is 5.83. The molecule has 1 aromatic heterocycles. The Morgan fingerprint density at radius 2 is 2.05 bits per heavy atom. The van der Waals surface area contributed by atoms with Crippen molar-refractivity contribution in [2.45, 2.75) is 20.3 Å². The fourth-order valence-electron chi connectivity index (χ4n) is 1.57. The molecule has 2 rings (SSSR count). The van der Waals surface area contributed by atoms with Crippen LogP contribution in [-0.2, 0) is 6.42 Å². The van der Waals surface area contributed by atoms with E-state index in [1.165, 1.54) is 12.1 Å². The normalized spacial score (nSPS) is 10.3. The summed E-state index contributed by atoms with van der Waals surface area (Å²) in [4.78, 5) is 18.7. The lowest BCUT2D eigenvalue weighted by atomic mass is 10.3. The summed E-state index contributed by atoms with van der Waals surface area (Å²) in [7, 11) is 0. The van der Waals surface area contributed by atoms with E-state index in [9.17, 15) is 10.1 Å². The molecule has 0 saturated carbocycles. The minimum absolute atomic E-state index is 0.123. The van der Waals surface area contributed by atoms with Gasteiger partial charge in [0.2, 0.25) is 11.6 Å². The van der Waals surface area contributed by atoms with Gasteiger partial charge in [0, 0.05) is 18.1 Å². The molecule has 0 bridgehead atoms. The van der Waals surface area contributed by atoms with E-state index in [-0.39, 0.29) is 22.5 Å². The number of ether oxygens (including phenoxy) is 1. The molecular formula is C13H12ClN3O3. The van der Waals surface area contributed by atoms with Crippen molar-refractivity contribution >= 4 is 17.3 Å². The molecule has 0 unspecified atom stereocenters. The number of hydrogen-bond acceptors (Lipinski definition) is 5. The Bertz CT molecular complexity index is 661. The average Bonchev–Trinajstić information content (AvgIpc) is 2.44. The SMILES string of the molecule is CCc1nc(Cl)c(C)c(Oc2ccccc2[N+](=O)[O-])n1. The van der Waals surface area contributed by atoms with Gasteiger partial charge in [0.15, 0.2) is 0 Å². The molecule has 0 spiro atoms. The van der Waals surface area contributed by atoms with Gasteiger partial charge in [-0.15, -0.1) is 0 Å². The smallest absolute Gasteiger partial charge is 0.311 e. The first-order valence-corrected chi connectivity index (χ1v) is 6.35. The average molecular weight is 294 g/mol. The number of nitrogens with zero attached hydrogens (tertiary/aromatic N) is 3. The molecule has 0 aliphatic carbocycles. The van der Waals surface area contributed by atoms with Crippen molar-refractivity contribution in [3.05, 3.63) is 50.9 Å². The van der Waals surface area contributed by atoms with Crippen LogP contribution in [0.3, 0.4) is 0 Å². The maximum atomic E-state index is 11.0. The van der Waals surface area contributed by atoms with E-state index in [1.807, 2.05) is 6.92 Å². The number of halogens is 1. The number of nitro benzene ring substituents is 1. The lowest BCUT2D eigenvalue weighted by Crippen LogP contribution is -2.01. The predicted octanol–water partition coefficient (Wildman–Crippen LogP) is 3.70. The molecule has 0 N–H and O–H groups in total. The molecule has 0 saturated heterocycles. The second-order valence-electron chi connectivity index (χ2n) is 4.04. The Hall–Kier alpha value is -2.21. The Labute approximate surface area is 120 Å². The van der Waals surface area contributed by atoms with Gasteiger partial charge in [-0.3, -0.25) is 10.1 Å². The Morgan fingerprint density at radius 3 is 2.70 bits per heavy atom. The monoisotopic (exact) mass is 293 g/mol. The van der Waals surface area contributed by atoms with Crippen LogP contribution in [0.25, 0.3) is 0 Å². The number of nitro groups is 1. The van der Waals surface area contributed by atoms with Gasteiger partial charge in [-0.1, -0.05) is 30.7 Å². The zero-order chi connectivity index (χ0) is 14.7. The Kier molecular flexibility index (Phi) is 4.14. The first kappa shape index (κ1) is 14.2. The van der Waals surface area contributed by atoms with Crippen LogP contribution in [0.4, 0.5) is 5.69 Å².